The van der Waals surface area contributed by atoms with Crippen LogP contribution in [0.1, 0.15) is 31.4 Å². The first-order valence-corrected chi connectivity index (χ1v) is 7.14. The summed E-state index contributed by atoms with van der Waals surface area (Å²) in [5.74, 6) is 1.76. The van der Waals surface area contributed by atoms with Gasteiger partial charge in [-0.15, -0.1) is 0 Å². The topological polar surface area (TPSA) is 21.3 Å². The van der Waals surface area contributed by atoms with Gasteiger partial charge in [0.25, 0.3) is 0 Å². The molecule has 1 aliphatic rings. The molecule has 2 heteroatoms. The Morgan fingerprint density at radius 1 is 1.21 bits per heavy atom. The van der Waals surface area contributed by atoms with Crippen LogP contribution in [0.3, 0.4) is 0 Å². The summed E-state index contributed by atoms with van der Waals surface area (Å²) in [5, 5.41) is 6.09. The Kier molecular flexibility index (Phi) is 3.43. The Morgan fingerprint density at radius 3 is 2.84 bits per heavy atom. The van der Waals surface area contributed by atoms with Crippen molar-refractivity contribution in [3.63, 3.8) is 0 Å². The molecule has 2 aromatic rings. The van der Waals surface area contributed by atoms with Crippen LogP contribution in [-0.4, -0.2) is 13.7 Å². The third-order valence-corrected chi connectivity index (χ3v) is 4.32. The highest BCUT2D eigenvalue weighted by atomic mass is 16.5. The molecular formula is C17H21NO. The molecule has 19 heavy (non-hydrogen) atoms. The molecule has 0 aliphatic carbocycles. The Morgan fingerprint density at radius 2 is 2.05 bits per heavy atom. The Bertz CT molecular complexity index is 578. The zero-order valence-electron chi connectivity index (χ0n) is 11.6. The van der Waals surface area contributed by atoms with Crippen molar-refractivity contribution in [2.75, 3.05) is 13.7 Å². The van der Waals surface area contributed by atoms with Gasteiger partial charge in [0.2, 0.25) is 0 Å². The third-order valence-electron chi connectivity index (χ3n) is 4.32. The third kappa shape index (κ3) is 2.10. The predicted molar refractivity (Wildman–Crippen MR) is 79.6 cm³/mol. The molecule has 0 radical (unpaired) electrons. The van der Waals surface area contributed by atoms with E-state index < -0.39 is 0 Å². The summed E-state index contributed by atoms with van der Waals surface area (Å²) in [6.45, 7) is 3.39. The largest absolute Gasteiger partial charge is 0.496 e. The molecule has 2 nitrogen and oxygen atoms in total. The number of nitrogens with one attached hydrogen (secondary N) is 1. The van der Waals surface area contributed by atoms with Crippen LogP contribution in [-0.2, 0) is 0 Å². The fourth-order valence-electron chi connectivity index (χ4n) is 3.29. The maximum atomic E-state index is 5.72. The van der Waals surface area contributed by atoms with E-state index >= 15 is 0 Å². The lowest BCUT2D eigenvalue weighted by atomic mass is 9.90. The zero-order chi connectivity index (χ0) is 13.2. The van der Waals surface area contributed by atoms with Crippen molar-refractivity contribution in [1.29, 1.82) is 0 Å². The van der Waals surface area contributed by atoms with Gasteiger partial charge in [0.15, 0.2) is 0 Å². The average Bonchev–Trinajstić information content (AvgIpc) is 2.94. The number of hydrogen-bond donors (Lipinski definition) is 1. The molecule has 0 saturated carbocycles. The van der Waals surface area contributed by atoms with E-state index in [4.69, 9.17) is 4.74 Å². The van der Waals surface area contributed by atoms with Gasteiger partial charge in [-0.3, -0.25) is 0 Å². The van der Waals surface area contributed by atoms with Crippen LogP contribution in [0, 0.1) is 5.92 Å². The fraction of sp³-hybridized carbons (Fsp3) is 0.412. The van der Waals surface area contributed by atoms with Gasteiger partial charge in [-0.25, -0.2) is 0 Å². The standard InChI is InChI=1S/C17H21NO/c1-3-12-10-11-18-16(12)15-9-8-13-6-4-5-7-14(13)17(15)19-2/h4-9,12,16,18H,3,10-11H2,1-2H3. The quantitative estimate of drug-likeness (QED) is 0.898. The van der Waals surface area contributed by atoms with Gasteiger partial charge < -0.3 is 10.1 Å². The van der Waals surface area contributed by atoms with Crippen LogP contribution in [0.15, 0.2) is 36.4 Å². The van der Waals surface area contributed by atoms with E-state index in [0.717, 1.165) is 18.2 Å². The molecule has 1 saturated heterocycles. The van der Waals surface area contributed by atoms with E-state index in [0.29, 0.717) is 6.04 Å². The van der Waals surface area contributed by atoms with Gasteiger partial charge in [-0.1, -0.05) is 49.7 Å². The highest BCUT2D eigenvalue weighted by Gasteiger charge is 2.29. The smallest absolute Gasteiger partial charge is 0.131 e. The summed E-state index contributed by atoms with van der Waals surface area (Å²) >= 11 is 0. The summed E-state index contributed by atoms with van der Waals surface area (Å²) in [4.78, 5) is 0. The van der Waals surface area contributed by atoms with Crippen molar-refractivity contribution >= 4 is 10.8 Å². The van der Waals surface area contributed by atoms with Crippen molar-refractivity contribution in [2.24, 2.45) is 5.92 Å². The molecule has 1 aliphatic heterocycles. The SMILES string of the molecule is CCC1CCNC1c1ccc2ccccc2c1OC. The van der Waals surface area contributed by atoms with E-state index in [1.165, 1.54) is 29.2 Å². The molecule has 0 aromatic heterocycles. The summed E-state index contributed by atoms with van der Waals surface area (Å²) in [5.41, 5.74) is 1.31. The van der Waals surface area contributed by atoms with E-state index in [1.54, 1.807) is 7.11 Å². The van der Waals surface area contributed by atoms with Crippen LogP contribution in [0.5, 0.6) is 5.75 Å². The summed E-state index contributed by atoms with van der Waals surface area (Å²) in [6.07, 6.45) is 2.48. The molecule has 2 atom stereocenters. The van der Waals surface area contributed by atoms with E-state index in [-0.39, 0.29) is 0 Å². The van der Waals surface area contributed by atoms with Crippen molar-refractivity contribution < 1.29 is 4.74 Å². The van der Waals surface area contributed by atoms with Crippen LogP contribution in [0.2, 0.25) is 0 Å². The number of hydrogen-bond acceptors (Lipinski definition) is 2. The van der Waals surface area contributed by atoms with Gasteiger partial charge in [-0.05, 0) is 24.3 Å². The van der Waals surface area contributed by atoms with Gasteiger partial charge in [-0.2, -0.15) is 0 Å². The van der Waals surface area contributed by atoms with Gasteiger partial charge in [0.1, 0.15) is 5.75 Å². The van der Waals surface area contributed by atoms with Gasteiger partial charge in [0.05, 0.1) is 7.11 Å². The van der Waals surface area contributed by atoms with Crippen molar-refractivity contribution in [1.82, 2.24) is 5.32 Å². The average molecular weight is 255 g/mol. The Balaban J connectivity index is 2.13. The Labute approximate surface area is 114 Å². The molecule has 0 amide bonds. The van der Waals surface area contributed by atoms with Crippen LogP contribution >= 0.6 is 0 Å². The minimum atomic E-state index is 0.435. The maximum absolute atomic E-state index is 5.72. The Hall–Kier alpha value is -1.54. The molecule has 1 heterocycles. The number of benzene rings is 2. The maximum Gasteiger partial charge on any atom is 0.131 e. The molecule has 2 unspecified atom stereocenters. The molecule has 2 aromatic carbocycles. The second kappa shape index (κ2) is 5.22. The molecule has 100 valence electrons. The lowest BCUT2D eigenvalue weighted by Gasteiger charge is -2.22. The summed E-state index contributed by atoms with van der Waals surface area (Å²) in [7, 11) is 1.78. The van der Waals surface area contributed by atoms with E-state index in [9.17, 15) is 0 Å². The minimum absolute atomic E-state index is 0.435. The summed E-state index contributed by atoms with van der Waals surface area (Å²) < 4.78 is 5.72. The van der Waals surface area contributed by atoms with Crippen LogP contribution in [0.4, 0.5) is 0 Å². The normalized spacial score (nSPS) is 22.8. The fourth-order valence-corrected chi connectivity index (χ4v) is 3.29. The van der Waals surface area contributed by atoms with Crippen LogP contribution in [0.25, 0.3) is 10.8 Å². The molecule has 0 spiro atoms. The first-order chi connectivity index (χ1) is 9.35. The molecular weight excluding hydrogens is 234 g/mol. The first-order valence-electron chi connectivity index (χ1n) is 7.14. The second-order valence-corrected chi connectivity index (χ2v) is 5.30. The lowest BCUT2D eigenvalue weighted by molar-refractivity contribution is 0.390. The lowest BCUT2D eigenvalue weighted by Crippen LogP contribution is -2.18. The molecule has 1 N–H and O–H groups in total. The number of ether oxygens (including phenoxy) is 1. The van der Waals surface area contributed by atoms with Crippen molar-refractivity contribution in [3.05, 3.63) is 42.0 Å². The molecule has 1 fully saturated rings. The van der Waals surface area contributed by atoms with E-state index in [1.807, 2.05) is 0 Å². The van der Waals surface area contributed by atoms with Crippen molar-refractivity contribution in [3.8, 4) is 5.75 Å². The number of methoxy groups -OCH3 is 1. The van der Waals surface area contributed by atoms with Gasteiger partial charge >= 0.3 is 0 Å². The first kappa shape index (κ1) is 12.5. The van der Waals surface area contributed by atoms with Crippen molar-refractivity contribution in [2.45, 2.75) is 25.8 Å². The second-order valence-electron chi connectivity index (χ2n) is 5.30. The minimum Gasteiger partial charge on any atom is -0.496 e. The number of fused-ring (bicyclic) bond motifs is 1. The highest BCUT2D eigenvalue weighted by Crippen LogP contribution is 2.40. The molecule has 3 rings (SSSR count). The predicted octanol–water partition coefficient (Wildman–Crippen LogP) is 3.91. The van der Waals surface area contributed by atoms with Crippen LogP contribution < -0.4 is 10.1 Å². The van der Waals surface area contributed by atoms with Gasteiger partial charge in [0, 0.05) is 17.0 Å². The monoisotopic (exact) mass is 255 g/mol. The highest BCUT2D eigenvalue weighted by molar-refractivity contribution is 5.89. The zero-order valence-corrected chi connectivity index (χ0v) is 11.6. The number of rotatable bonds is 3. The summed E-state index contributed by atoms with van der Waals surface area (Å²) in [6, 6.07) is 13.3. The molecule has 0 bridgehead atoms. The van der Waals surface area contributed by atoms with E-state index in [2.05, 4.69) is 48.6 Å².